The van der Waals surface area contributed by atoms with Crippen molar-refractivity contribution >= 4 is 85.0 Å². The minimum absolute atomic E-state index is 0.656. The summed E-state index contributed by atoms with van der Waals surface area (Å²) in [6.07, 6.45) is 0. The van der Waals surface area contributed by atoms with Crippen LogP contribution in [0.5, 0.6) is 0 Å². The summed E-state index contributed by atoms with van der Waals surface area (Å²) in [6.45, 7) is 0. The van der Waals surface area contributed by atoms with E-state index in [1.165, 1.54) is 41.2 Å². The molecule has 0 aliphatic rings. The molecule has 0 fully saturated rings. The van der Waals surface area contributed by atoms with Crippen molar-refractivity contribution < 1.29 is 4.42 Å². The van der Waals surface area contributed by atoms with Crippen LogP contribution in [0.1, 0.15) is 0 Å². The summed E-state index contributed by atoms with van der Waals surface area (Å²) in [5, 5.41) is 7.22. The molecule has 12 rings (SSSR count). The van der Waals surface area contributed by atoms with Gasteiger partial charge in [-0.3, -0.25) is 0 Å². The number of aromatic nitrogens is 3. The maximum atomic E-state index is 6.79. The summed E-state index contributed by atoms with van der Waals surface area (Å²) in [7, 11) is 0. The van der Waals surface area contributed by atoms with Crippen LogP contribution < -0.4 is 0 Å². The molecule has 4 nitrogen and oxygen atoms in total. The maximum Gasteiger partial charge on any atom is 0.165 e. The van der Waals surface area contributed by atoms with Crippen molar-refractivity contribution in [1.82, 2.24) is 15.0 Å². The molecule has 266 valence electrons. The normalized spacial score (nSPS) is 11.9. The molecule has 0 N–H and O–H groups in total. The lowest BCUT2D eigenvalue weighted by Crippen LogP contribution is -2.00. The Morgan fingerprint density at radius 2 is 0.912 bits per heavy atom. The zero-order valence-corrected chi connectivity index (χ0v) is 31.9. The predicted molar refractivity (Wildman–Crippen MR) is 240 cm³/mol. The summed E-state index contributed by atoms with van der Waals surface area (Å²) in [5.41, 5.74) is 9.31. The Labute approximate surface area is 335 Å². The molecule has 0 amide bonds. The molecule has 4 aromatic heterocycles. The molecule has 4 heterocycles. The van der Waals surface area contributed by atoms with E-state index in [2.05, 4.69) is 115 Å². The minimum atomic E-state index is 0.656. The van der Waals surface area contributed by atoms with Crippen LogP contribution in [0.2, 0.25) is 0 Å². The van der Waals surface area contributed by atoms with Gasteiger partial charge in [0.1, 0.15) is 11.2 Å². The third-order valence-corrected chi connectivity index (χ3v) is 13.4. The standard InChI is InChI=1S/C51H29N3OS2/c1-3-13-30(14-4-1)49-52-50(31-15-5-2-6-16-31)54-51(53-49)41-22-12-20-38-35-26-25-32(29-44(35)57-48(38)41)33-27-28-36(46-45(33)40-18-7-9-23-42(40)55-46)39-21-11-19-37-34-17-8-10-24-43(34)56-47(37)39/h1-29H. The Kier molecular flexibility index (Phi) is 7.24. The van der Waals surface area contributed by atoms with E-state index in [9.17, 15) is 0 Å². The van der Waals surface area contributed by atoms with Crippen molar-refractivity contribution in [2.24, 2.45) is 0 Å². The second kappa shape index (κ2) is 12.8. The minimum Gasteiger partial charge on any atom is -0.455 e. The van der Waals surface area contributed by atoms with Crippen LogP contribution in [0, 0.1) is 0 Å². The molecule has 0 aliphatic heterocycles. The van der Waals surface area contributed by atoms with Crippen molar-refractivity contribution in [3.8, 4) is 56.4 Å². The van der Waals surface area contributed by atoms with Crippen molar-refractivity contribution in [3.05, 3.63) is 176 Å². The lowest BCUT2D eigenvalue weighted by atomic mass is 9.93. The number of fused-ring (bicyclic) bond motifs is 9. The highest BCUT2D eigenvalue weighted by molar-refractivity contribution is 7.26. The fraction of sp³-hybridized carbons (Fsp3) is 0. The number of benzene rings is 8. The second-order valence-corrected chi connectivity index (χ2v) is 16.4. The van der Waals surface area contributed by atoms with Crippen molar-refractivity contribution in [1.29, 1.82) is 0 Å². The molecule has 57 heavy (non-hydrogen) atoms. The molecule has 0 bridgehead atoms. The number of rotatable bonds is 5. The maximum absolute atomic E-state index is 6.79. The molecule has 0 saturated carbocycles. The highest BCUT2D eigenvalue weighted by atomic mass is 32.1. The first kappa shape index (κ1) is 32.3. The molecule has 6 heteroatoms. The van der Waals surface area contributed by atoms with Gasteiger partial charge in [0.15, 0.2) is 17.5 Å². The van der Waals surface area contributed by atoms with E-state index >= 15 is 0 Å². The van der Waals surface area contributed by atoms with Crippen molar-refractivity contribution in [2.75, 3.05) is 0 Å². The Balaban J connectivity index is 1.04. The fourth-order valence-electron chi connectivity index (χ4n) is 8.31. The predicted octanol–water partition coefficient (Wildman–Crippen LogP) is 14.8. The van der Waals surface area contributed by atoms with Gasteiger partial charge in [0.05, 0.1) is 0 Å². The molecular weight excluding hydrogens is 735 g/mol. The summed E-state index contributed by atoms with van der Waals surface area (Å²) >= 11 is 3.64. The Bertz CT molecular complexity index is 3470. The molecule has 0 saturated heterocycles. The second-order valence-electron chi connectivity index (χ2n) is 14.3. The van der Waals surface area contributed by atoms with Gasteiger partial charge in [0, 0.05) is 78.9 Å². The fourth-order valence-corrected chi connectivity index (χ4v) is 10.8. The van der Waals surface area contributed by atoms with Crippen LogP contribution in [0.4, 0.5) is 0 Å². The summed E-state index contributed by atoms with van der Waals surface area (Å²) < 4.78 is 11.7. The number of nitrogens with zero attached hydrogens (tertiary/aromatic N) is 3. The van der Waals surface area contributed by atoms with Crippen LogP contribution in [-0.2, 0) is 0 Å². The third kappa shape index (κ3) is 5.15. The zero-order chi connectivity index (χ0) is 37.5. The lowest BCUT2D eigenvalue weighted by Gasteiger charge is -2.10. The first-order chi connectivity index (χ1) is 28.2. The molecular formula is C51H29N3OS2. The monoisotopic (exact) mass is 763 g/mol. The van der Waals surface area contributed by atoms with Crippen LogP contribution >= 0.6 is 22.7 Å². The number of hydrogen-bond acceptors (Lipinski definition) is 6. The van der Waals surface area contributed by atoms with Gasteiger partial charge < -0.3 is 4.42 Å². The molecule has 0 aliphatic carbocycles. The molecule has 12 aromatic rings. The van der Waals surface area contributed by atoms with Gasteiger partial charge in [-0.05, 0) is 41.5 Å². The average molecular weight is 764 g/mol. The molecule has 0 unspecified atom stereocenters. The number of para-hydroxylation sites is 1. The van der Waals surface area contributed by atoms with Gasteiger partial charge in [0.25, 0.3) is 0 Å². The molecule has 8 aromatic carbocycles. The van der Waals surface area contributed by atoms with Crippen molar-refractivity contribution in [2.45, 2.75) is 0 Å². The van der Waals surface area contributed by atoms with Crippen molar-refractivity contribution in [3.63, 3.8) is 0 Å². The zero-order valence-electron chi connectivity index (χ0n) is 30.3. The summed E-state index contributed by atoms with van der Waals surface area (Å²) in [6, 6.07) is 61.9. The quantitative estimate of drug-likeness (QED) is 0.175. The van der Waals surface area contributed by atoms with Gasteiger partial charge in [-0.25, -0.2) is 15.0 Å². The van der Waals surface area contributed by atoms with Gasteiger partial charge in [-0.2, -0.15) is 0 Å². The van der Waals surface area contributed by atoms with Crippen LogP contribution in [0.25, 0.3) is 119 Å². The number of hydrogen-bond donors (Lipinski definition) is 0. The Hall–Kier alpha value is -6.99. The number of furan rings is 1. The SMILES string of the molecule is c1ccc(-c2nc(-c3ccccc3)nc(-c3cccc4c3sc3cc(-c5ccc(-c6cccc7c6sc6ccccc67)c6oc7ccccc7c56)ccc34)n2)cc1. The van der Waals surface area contributed by atoms with Gasteiger partial charge in [0.2, 0.25) is 0 Å². The van der Waals surface area contributed by atoms with Gasteiger partial charge in [-0.1, -0.05) is 146 Å². The van der Waals surface area contributed by atoms with E-state index in [0.29, 0.717) is 17.5 Å². The van der Waals surface area contributed by atoms with E-state index in [4.69, 9.17) is 19.4 Å². The van der Waals surface area contributed by atoms with E-state index in [-0.39, 0.29) is 0 Å². The summed E-state index contributed by atoms with van der Waals surface area (Å²) in [5.74, 6) is 1.97. The molecule has 0 spiro atoms. The van der Waals surface area contributed by atoms with Crippen LogP contribution in [0.3, 0.4) is 0 Å². The number of thiophene rings is 2. The Morgan fingerprint density at radius 1 is 0.351 bits per heavy atom. The van der Waals surface area contributed by atoms with Crippen LogP contribution in [-0.4, -0.2) is 15.0 Å². The highest BCUT2D eigenvalue weighted by Crippen LogP contribution is 2.47. The van der Waals surface area contributed by atoms with E-state index in [1.54, 1.807) is 11.3 Å². The topological polar surface area (TPSA) is 51.8 Å². The van der Waals surface area contributed by atoms with E-state index < -0.39 is 0 Å². The first-order valence-corrected chi connectivity index (χ1v) is 20.6. The Morgan fingerprint density at radius 3 is 1.67 bits per heavy atom. The highest BCUT2D eigenvalue weighted by Gasteiger charge is 2.21. The third-order valence-electron chi connectivity index (χ3n) is 11.0. The van der Waals surface area contributed by atoms with Gasteiger partial charge in [-0.15, -0.1) is 22.7 Å². The summed E-state index contributed by atoms with van der Waals surface area (Å²) in [4.78, 5) is 15.1. The van der Waals surface area contributed by atoms with Crippen LogP contribution in [0.15, 0.2) is 180 Å². The average Bonchev–Trinajstić information content (AvgIpc) is 3.98. The smallest absolute Gasteiger partial charge is 0.165 e. The molecule has 0 radical (unpaired) electrons. The van der Waals surface area contributed by atoms with E-state index in [1.807, 2.05) is 72.0 Å². The van der Waals surface area contributed by atoms with Gasteiger partial charge >= 0.3 is 0 Å². The largest absolute Gasteiger partial charge is 0.455 e. The first-order valence-electron chi connectivity index (χ1n) is 18.9. The lowest BCUT2D eigenvalue weighted by molar-refractivity contribution is 0.670. The molecule has 0 atom stereocenters. The van der Waals surface area contributed by atoms with E-state index in [0.717, 1.165) is 60.0 Å².